The van der Waals surface area contributed by atoms with Crippen molar-refractivity contribution in [2.45, 2.75) is 32.2 Å². The summed E-state index contributed by atoms with van der Waals surface area (Å²) in [5, 5.41) is 11.3. The normalized spacial score (nSPS) is 35.5. The molecule has 0 aromatic heterocycles. The van der Waals surface area contributed by atoms with Crippen LogP contribution in [0.4, 0.5) is 0 Å². The zero-order chi connectivity index (χ0) is 9.41. The lowest BCUT2D eigenvalue weighted by atomic mass is 10.1. The second-order valence-corrected chi connectivity index (χ2v) is 3.77. The Morgan fingerprint density at radius 3 is 2.42 bits per heavy atom. The average molecular weight is 194 g/mol. The molecule has 0 aromatic rings. The van der Waals surface area contributed by atoms with Crippen LogP contribution in [0, 0.1) is 0 Å². The SMILES string of the molecule is CC1(C)OCC(C)(/C(Cl)=N/O)O1. The minimum absolute atomic E-state index is 0.00748. The van der Waals surface area contributed by atoms with Gasteiger partial charge in [-0.15, -0.1) is 0 Å². The molecule has 12 heavy (non-hydrogen) atoms. The number of hydrogen-bond donors (Lipinski definition) is 1. The molecule has 1 saturated heterocycles. The molecule has 0 spiro atoms. The van der Waals surface area contributed by atoms with Gasteiger partial charge in [0.05, 0.1) is 6.61 Å². The molecule has 0 aromatic carbocycles. The summed E-state index contributed by atoms with van der Waals surface area (Å²) < 4.78 is 10.7. The van der Waals surface area contributed by atoms with Crippen molar-refractivity contribution in [2.24, 2.45) is 5.16 Å². The van der Waals surface area contributed by atoms with Crippen molar-refractivity contribution in [3.63, 3.8) is 0 Å². The minimum Gasteiger partial charge on any atom is -0.410 e. The fourth-order valence-corrected chi connectivity index (χ4v) is 1.21. The third-order valence-corrected chi connectivity index (χ3v) is 2.17. The summed E-state index contributed by atoms with van der Waals surface area (Å²) in [6, 6.07) is 0. The molecule has 70 valence electrons. The van der Waals surface area contributed by atoms with E-state index in [0.717, 1.165) is 0 Å². The number of hydrogen-bond acceptors (Lipinski definition) is 4. The number of nitrogens with zero attached hydrogens (tertiary/aromatic N) is 1. The Bertz CT molecular complexity index is 217. The molecule has 0 radical (unpaired) electrons. The first kappa shape index (κ1) is 9.77. The second kappa shape index (κ2) is 2.87. The highest BCUT2D eigenvalue weighted by molar-refractivity contribution is 6.67. The van der Waals surface area contributed by atoms with Gasteiger partial charge >= 0.3 is 0 Å². The number of oxime groups is 1. The molecule has 1 rings (SSSR count). The Morgan fingerprint density at radius 1 is 1.50 bits per heavy atom. The molecule has 1 heterocycles. The lowest BCUT2D eigenvalue weighted by Crippen LogP contribution is -2.36. The van der Waals surface area contributed by atoms with Crippen LogP contribution < -0.4 is 0 Å². The maximum atomic E-state index is 8.45. The molecule has 4 nitrogen and oxygen atoms in total. The van der Waals surface area contributed by atoms with E-state index in [0.29, 0.717) is 6.61 Å². The Balaban J connectivity index is 2.78. The summed E-state index contributed by atoms with van der Waals surface area (Å²) >= 11 is 5.64. The van der Waals surface area contributed by atoms with Gasteiger partial charge in [-0.25, -0.2) is 0 Å². The maximum absolute atomic E-state index is 8.45. The molecule has 1 fully saturated rings. The molecule has 0 bridgehead atoms. The topological polar surface area (TPSA) is 51.0 Å². The molecule has 0 aliphatic carbocycles. The largest absolute Gasteiger partial charge is 0.410 e. The van der Waals surface area contributed by atoms with Gasteiger partial charge in [-0.2, -0.15) is 0 Å². The van der Waals surface area contributed by atoms with Crippen molar-refractivity contribution in [1.82, 2.24) is 0 Å². The van der Waals surface area contributed by atoms with Gasteiger partial charge in [0.2, 0.25) is 0 Å². The Morgan fingerprint density at radius 2 is 2.08 bits per heavy atom. The number of rotatable bonds is 1. The summed E-state index contributed by atoms with van der Waals surface area (Å²) in [5.74, 6) is -0.667. The fourth-order valence-electron chi connectivity index (χ4n) is 1.12. The Hall–Kier alpha value is -0.320. The van der Waals surface area contributed by atoms with E-state index in [1.54, 1.807) is 20.8 Å². The Kier molecular flexibility index (Phi) is 2.33. The predicted molar refractivity (Wildman–Crippen MR) is 44.6 cm³/mol. The van der Waals surface area contributed by atoms with Crippen LogP contribution in [-0.2, 0) is 9.47 Å². The van der Waals surface area contributed by atoms with Crippen LogP contribution in [0.1, 0.15) is 20.8 Å². The monoisotopic (exact) mass is 193 g/mol. The van der Waals surface area contributed by atoms with E-state index in [1.165, 1.54) is 0 Å². The maximum Gasteiger partial charge on any atom is 0.179 e. The standard InChI is InChI=1S/C7H12ClNO3/c1-6(2)11-4-7(3,12-6)5(8)9-10/h10H,4H2,1-3H3/b9-5-. The van der Waals surface area contributed by atoms with Crippen LogP contribution in [0.25, 0.3) is 0 Å². The van der Waals surface area contributed by atoms with Gasteiger partial charge in [0.1, 0.15) is 5.60 Å². The van der Waals surface area contributed by atoms with Gasteiger partial charge in [-0.05, 0) is 20.8 Å². The number of ether oxygens (including phenoxy) is 2. The van der Waals surface area contributed by atoms with E-state index in [2.05, 4.69) is 5.16 Å². The van der Waals surface area contributed by atoms with E-state index in [1.807, 2.05) is 0 Å². The molecule has 1 atom stereocenters. The molecular weight excluding hydrogens is 182 g/mol. The highest BCUT2D eigenvalue weighted by Crippen LogP contribution is 2.32. The highest BCUT2D eigenvalue weighted by atomic mass is 35.5. The summed E-state index contributed by atoms with van der Waals surface area (Å²) in [4.78, 5) is 0. The van der Waals surface area contributed by atoms with E-state index in [-0.39, 0.29) is 5.17 Å². The summed E-state index contributed by atoms with van der Waals surface area (Å²) in [5.41, 5.74) is -0.820. The van der Waals surface area contributed by atoms with E-state index < -0.39 is 11.4 Å². The van der Waals surface area contributed by atoms with Gasteiger partial charge in [0.25, 0.3) is 0 Å². The van der Waals surface area contributed by atoms with Crippen molar-refractivity contribution in [3.05, 3.63) is 0 Å². The first-order valence-corrected chi connectivity index (χ1v) is 4.00. The summed E-state index contributed by atoms with van der Waals surface area (Å²) in [7, 11) is 0. The zero-order valence-corrected chi connectivity index (χ0v) is 8.05. The first-order valence-electron chi connectivity index (χ1n) is 3.62. The Labute approximate surface area is 76.1 Å². The van der Waals surface area contributed by atoms with E-state index in [4.69, 9.17) is 26.3 Å². The van der Waals surface area contributed by atoms with Gasteiger partial charge in [0.15, 0.2) is 11.0 Å². The first-order chi connectivity index (χ1) is 5.40. The lowest BCUT2D eigenvalue weighted by molar-refractivity contribution is -0.144. The van der Waals surface area contributed by atoms with Crippen LogP contribution in [0.5, 0.6) is 0 Å². The minimum atomic E-state index is -0.820. The van der Waals surface area contributed by atoms with Gasteiger partial charge in [-0.3, -0.25) is 0 Å². The summed E-state index contributed by atoms with van der Waals surface area (Å²) in [6.45, 7) is 5.56. The average Bonchev–Trinajstić information content (AvgIpc) is 2.25. The van der Waals surface area contributed by atoms with E-state index in [9.17, 15) is 0 Å². The number of halogens is 1. The van der Waals surface area contributed by atoms with E-state index >= 15 is 0 Å². The van der Waals surface area contributed by atoms with Crippen LogP contribution in [0.2, 0.25) is 0 Å². The molecule has 1 N–H and O–H groups in total. The van der Waals surface area contributed by atoms with Gasteiger partial charge in [-0.1, -0.05) is 16.8 Å². The molecular formula is C7H12ClNO3. The molecule has 5 heteroatoms. The third-order valence-electron chi connectivity index (χ3n) is 1.69. The molecule has 1 aliphatic heterocycles. The zero-order valence-electron chi connectivity index (χ0n) is 7.30. The van der Waals surface area contributed by atoms with Crippen molar-refractivity contribution >= 4 is 16.8 Å². The fraction of sp³-hybridized carbons (Fsp3) is 0.857. The highest BCUT2D eigenvalue weighted by Gasteiger charge is 2.45. The van der Waals surface area contributed by atoms with Crippen molar-refractivity contribution in [3.8, 4) is 0 Å². The molecule has 0 saturated carbocycles. The van der Waals surface area contributed by atoms with Crippen LogP contribution in [-0.4, -0.2) is 28.4 Å². The molecule has 0 amide bonds. The quantitative estimate of drug-likeness (QED) is 0.391. The van der Waals surface area contributed by atoms with Crippen LogP contribution in [0.15, 0.2) is 5.16 Å². The van der Waals surface area contributed by atoms with Crippen molar-refractivity contribution in [1.29, 1.82) is 0 Å². The van der Waals surface area contributed by atoms with Crippen molar-refractivity contribution in [2.75, 3.05) is 6.61 Å². The van der Waals surface area contributed by atoms with Gasteiger partial charge in [0, 0.05) is 0 Å². The third kappa shape index (κ3) is 1.71. The lowest BCUT2D eigenvalue weighted by Gasteiger charge is -2.22. The predicted octanol–water partition coefficient (Wildman–Crippen LogP) is 1.55. The molecule has 1 unspecified atom stereocenters. The summed E-state index contributed by atoms with van der Waals surface area (Å²) in [6.07, 6.45) is 0. The molecule has 1 aliphatic rings. The van der Waals surface area contributed by atoms with Crippen LogP contribution in [0.3, 0.4) is 0 Å². The van der Waals surface area contributed by atoms with Gasteiger partial charge < -0.3 is 14.7 Å². The smallest absolute Gasteiger partial charge is 0.179 e. The second-order valence-electron chi connectivity index (χ2n) is 3.41. The van der Waals surface area contributed by atoms with Crippen LogP contribution >= 0.6 is 11.6 Å². The van der Waals surface area contributed by atoms with Crippen molar-refractivity contribution < 1.29 is 14.7 Å².